The molecule has 3 heterocycles. The molecule has 1 aromatic rings. The Morgan fingerprint density at radius 1 is 1.20 bits per heavy atom. The number of likely N-dealkylation sites (tertiary alicyclic amines) is 1. The lowest BCUT2D eigenvalue weighted by atomic mass is 10.2. The minimum atomic E-state index is -3.55. The Bertz CT molecular complexity index is 716. The van der Waals surface area contributed by atoms with E-state index in [9.17, 15) is 13.2 Å². The van der Waals surface area contributed by atoms with E-state index in [2.05, 4.69) is 10.3 Å². The molecule has 2 aliphatic heterocycles. The molecule has 1 aromatic heterocycles. The predicted molar refractivity (Wildman–Crippen MR) is 95.7 cm³/mol. The van der Waals surface area contributed by atoms with E-state index in [1.54, 1.807) is 22.6 Å². The summed E-state index contributed by atoms with van der Waals surface area (Å²) in [6.45, 7) is 4.39. The first-order valence-electron chi connectivity index (χ1n) is 8.98. The van der Waals surface area contributed by atoms with Crippen LogP contribution >= 0.6 is 0 Å². The number of nitrogens with zero attached hydrogens (tertiary/aromatic N) is 3. The van der Waals surface area contributed by atoms with Crippen LogP contribution in [0.15, 0.2) is 23.2 Å². The van der Waals surface area contributed by atoms with Crippen molar-refractivity contribution in [3.8, 4) is 0 Å². The van der Waals surface area contributed by atoms with Crippen molar-refractivity contribution < 1.29 is 13.2 Å². The highest BCUT2D eigenvalue weighted by Gasteiger charge is 2.29. The van der Waals surface area contributed by atoms with Crippen molar-refractivity contribution in [1.82, 2.24) is 14.2 Å². The summed E-state index contributed by atoms with van der Waals surface area (Å²) in [7, 11) is -3.55. The Morgan fingerprint density at radius 3 is 2.64 bits per heavy atom. The zero-order valence-corrected chi connectivity index (χ0v) is 15.5. The summed E-state index contributed by atoms with van der Waals surface area (Å²) in [4.78, 5) is 18.1. The third-order valence-corrected chi connectivity index (χ3v) is 6.68. The molecule has 2 fully saturated rings. The van der Waals surface area contributed by atoms with E-state index in [1.165, 1.54) is 0 Å². The normalized spacial score (nSPS) is 20.7. The Hall–Kier alpha value is -1.67. The predicted octanol–water partition coefficient (Wildman–Crippen LogP) is 1.68. The SMILES string of the molecule is C[C@H](CN1CCCC1=O)Nc1ncccc1S(=O)(=O)N1CCCCC1. The van der Waals surface area contributed by atoms with Crippen LogP contribution in [0.2, 0.25) is 0 Å². The van der Waals surface area contributed by atoms with Gasteiger partial charge in [0.05, 0.1) is 0 Å². The van der Waals surface area contributed by atoms with Crippen LogP contribution in [0, 0.1) is 0 Å². The summed E-state index contributed by atoms with van der Waals surface area (Å²) in [5.41, 5.74) is 0. The molecule has 2 aliphatic rings. The van der Waals surface area contributed by atoms with Gasteiger partial charge in [0.25, 0.3) is 0 Å². The second-order valence-corrected chi connectivity index (χ2v) is 8.71. The molecule has 0 radical (unpaired) electrons. The first-order valence-corrected chi connectivity index (χ1v) is 10.4. The van der Waals surface area contributed by atoms with Gasteiger partial charge in [0.1, 0.15) is 10.7 Å². The molecule has 2 saturated heterocycles. The second kappa shape index (κ2) is 7.70. The number of carbonyl (C=O) groups is 1. The lowest BCUT2D eigenvalue weighted by Crippen LogP contribution is -2.38. The van der Waals surface area contributed by atoms with E-state index in [1.807, 2.05) is 11.8 Å². The average Bonchev–Trinajstić information content (AvgIpc) is 3.01. The number of piperidine rings is 1. The fourth-order valence-corrected chi connectivity index (χ4v) is 5.08. The molecule has 0 bridgehead atoms. The molecule has 0 unspecified atom stereocenters. The zero-order valence-electron chi connectivity index (χ0n) is 14.6. The van der Waals surface area contributed by atoms with E-state index in [0.717, 1.165) is 32.2 Å². The Morgan fingerprint density at radius 2 is 1.96 bits per heavy atom. The van der Waals surface area contributed by atoms with Crippen LogP contribution in [0.25, 0.3) is 0 Å². The van der Waals surface area contributed by atoms with Gasteiger partial charge in [-0.3, -0.25) is 4.79 Å². The fraction of sp³-hybridized carbons (Fsp3) is 0.647. The maximum atomic E-state index is 13.0. The molecule has 1 amide bonds. The van der Waals surface area contributed by atoms with Gasteiger partial charge < -0.3 is 10.2 Å². The summed E-state index contributed by atoms with van der Waals surface area (Å²) < 4.78 is 27.5. The number of hydrogen-bond acceptors (Lipinski definition) is 5. The number of pyridine rings is 1. The number of nitrogens with one attached hydrogen (secondary N) is 1. The summed E-state index contributed by atoms with van der Waals surface area (Å²) in [5.74, 6) is 0.531. The van der Waals surface area contributed by atoms with E-state index in [-0.39, 0.29) is 16.8 Å². The molecule has 8 heteroatoms. The zero-order chi connectivity index (χ0) is 17.9. The lowest BCUT2D eigenvalue weighted by molar-refractivity contribution is -0.127. The smallest absolute Gasteiger partial charge is 0.246 e. The van der Waals surface area contributed by atoms with Gasteiger partial charge in [0, 0.05) is 44.8 Å². The van der Waals surface area contributed by atoms with Gasteiger partial charge in [-0.2, -0.15) is 4.31 Å². The van der Waals surface area contributed by atoms with Crippen LogP contribution < -0.4 is 5.32 Å². The average molecular weight is 366 g/mol. The minimum absolute atomic E-state index is 0.0766. The van der Waals surface area contributed by atoms with Crippen molar-refractivity contribution in [3.63, 3.8) is 0 Å². The highest BCUT2D eigenvalue weighted by atomic mass is 32.2. The molecule has 3 rings (SSSR count). The number of aromatic nitrogens is 1. The van der Waals surface area contributed by atoms with Crippen molar-refractivity contribution in [2.45, 2.75) is 50.0 Å². The summed E-state index contributed by atoms with van der Waals surface area (Å²) in [6.07, 6.45) is 5.95. The van der Waals surface area contributed by atoms with Crippen molar-refractivity contribution in [3.05, 3.63) is 18.3 Å². The van der Waals surface area contributed by atoms with Crippen LogP contribution in [0.5, 0.6) is 0 Å². The lowest BCUT2D eigenvalue weighted by Gasteiger charge is -2.27. The van der Waals surface area contributed by atoms with Gasteiger partial charge in [0.15, 0.2) is 0 Å². The highest BCUT2D eigenvalue weighted by Crippen LogP contribution is 2.25. The highest BCUT2D eigenvalue weighted by molar-refractivity contribution is 7.89. The van der Waals surface area contributed by atoms with Gasteiger partial charge in [-0.15, -0.1) is 0 Å². The topological polar surface area (TPSA) is 82.6 Å². The van der Waals surface area contributed by atoms with Crippen LogP contribution in [0.1, 0.15) is 39.0 Å². The quantitative estimate of drug-likeness (QED) is 0.828. The fourth-order valence-electron chi connectivity index (χ4n) is 3.46. The first-order chi connectivity index (χ1) is 12.0. The molecule has 0 spiro atoms. The molecule has 1 N–H and O–H groups in total. The molecule has 138 valence electrons. The van der Waals surface area contributed by atoms with Crippen molar-refractivity contribution >= 4 is 21.7 Å². The van der Waals surface area contributed by atoms with E-state index >= 15 is 0 Å². The molecule has 0 aliphatic carbocycles. The third-order valence-electron chi connectivity index (χ3n) is 4.75. The van der Waals surface area contributed by atoms with E-state index in [0.29, 0.717) is 31.9 Å². The van der Waals surface area contributed by atoms with Gasteiger partial charge in [0.2, 0.25) is 15.9 Å². The van der Waals surface area contributed by atoms with Crippen molar-refractivity contribution in [2.75, 3.05) is 31.5 Å². The van der Waals surface area contributed by atoms with Crippen LogP contribution in [0.4, 0.5) is 5.82 Å². The first kappa shape index (κ1) is 18.1. The number of sulfonamides is 1. The summed E-state index contributed by atoms with van der Waals surface area (Å²) in [6, 6.07) is 3.18. The maximum Gasteiger partial charge on any atom is 0.246 e. The third kappa shape index (κ3) is 4.12. The van der Waals surface area contributed by atoms with Crippen molar-refractivity contribution in [2.24, 2.45) is 0 Å². The van der Waals surface area contributed by atoms with Gasteiger partial charge in [-0.1, -0.05) is 6.42 Å². The largest absolute Gasteiger partial charge is 0.365 e. The molecule has 0 aromatic carbocycles. The van der Waals surface area contributed by atoms with Gasteiger partial charge in [-0.25, -0.2) is 13.4 Å². The van der Waals surface area contributed by atoms with Crippen LogP contribution in [-0.2, 0) is 14.8 Å². The monoisotopic (exact) mass is 366 g/mol. The van der Waals surface area contributed by atoms with Crippen LogP contribution in [0.3, 0.4) is 0 Å². The Balaban J connectivity index is 1.75. The molecular formula is C17H26N4O3S. The van der Waals surface area contributed by atoms with E-state index in [4.69, 9.17) is 0 Å². The number of hydrogen-bond donors (Lipinski definition) is 1. The maximum absolute atomic E-state index is 13.0. The second-order valence-electron chi connectivity index (χ2n) is 6.80. The summed E-state index contributed by atoms with van der Waals surface area (Å²) >= 11 is 0. The number of anilines is 1. The molecule has 1 atom stereocenters. The van der Waals surface area contributed by atoms with Gasteiger partial charge >= 0.3 is 0 Å². The van der Waals surface area contributed by atoms with E-state index < -0.39 is 10.0 Å². The molecule has 25 heavy (non-hydrogen) atoms. The molecular weight excluding hydrogens is 340 g/mol. The molecule has 7 nitrogen and oxygen atoms in total. The van der Waals surface area contributed by atoms with Gasteiger partial charge in [-0.05, 0) is 38.3 Å². The minimum Gasteiger partial charge on any atom is -0.365 e. The van der Waals surface area contributed by atoms with Crippen LogP contribution in [-0.4, -0.2) is 60.7 Å². The Kier molecular flexibility index (Phi) is 5.58. The van der Waals surface area contributed by atoms with Crippen molar-refractivity contribution in [1.29, 1.82) is 0 Å². The Labute approximate surface area is 149 Å². The number of amides is 1. The number of carbonyl (C=O) groups excluding carboxylic acids is 1. The molecule has 0 saturated carbocycles. The summed E-state index contributed by atoms with van der Waals surface area (Å²) in [5, 5.41) is 3.19. The standard InChI is InChI=1S/C17H26N4O3S/c1-14(13-20-10-6-8-16(20)22)19-17-15(7-5-9-18-17)25(23,24)21-11-3-2-4-12-21/h5,7,9,14H,2-4,6,8,10-13H2,1H3,(H,18,19)/t14-/m1/s1. The number of rotatable bonds is 6.